The Morgan fingerprint density at radius 2 is 2.16 bits per heavy atom. The van der Waals surface area contributed by atoms with Gasteiger partial charge in [-0.05, 0) is 35.7 Å². The number of aromatic nitrogens is 1. The molecule has 0 radical (unpaired) electrons. The summed E-state index contributed by atoms with van der Waals surface area (Å²) in [6.45, 7) is 2.02. The molecule has 0 unspecified atom stereocenters. The number of methoxy groups -OCH3 is 1. The summed E-state index contributed by atoms with van der Waals surface area (Å²) in [5.41, 5.74) is 5.18. The number of benzene rings is 1. The fraction of sp³-hybridized carbons (Fsp3) is 0.200. The maximum absolute atomic E-state index is 11.4. The van der Waals surface area contributed by atoms with Crippen LogP contribution in [0.15, 0.2) is 30.5 Å². The monoisotopic (exact) mass is 254 g/mol. The van der Waals surface area contributed by atoms with Gasteiger partial charge in [-0.1, -0.05) is 6.07 Å². The lowest BCUT2D eigenvalue weighted by molar-refractivity contribution is -0.115. The van der Waals surface area contributed by atoms with Crippen molar-refractivity contribution >= 4 is 11.6 Å². The Morgan fingerprint density at radius 1 is 1.32 bits per heavy atom. The van der Waals surface area contributed by atoms with Crippen molar-refractivity contribution in [1.29, 1.82) is 0 Å². The van der Waals surface area contributed by atoms with Crippen LogP contribution in [0.4, 0.5) is 5.69 Å². The van der Waals surface area contributed by atoms with E-state index in [-0.39, 0.29) is 5.91 Å². The summed E-state index contributed by atoms with van der Waals surface area (Å²) in [6, 6.07) is 7.90. The molecular formula is C15H14N2O2. The van der Waals surface area contributed by atoms with Crippen LogP contribution in [-0.4, -0.2) is 18.0 Å². The predicted octanol–water partition coefficient (Wildman–Crippen LogP) is 2.56. The summed E-state index contributed by atoms with van der Waals surface area (Å²) in [5, 5.41) is 2.83. The number of nitrogens with one attached hydrogen (secondary N) is 1. The number of carbonyl (C=O) groups excluding carboxylic acids is 1. The van der Waals surface area contributed by atoms with Gasteiger partial charge in [0.15, 0.2) is 0 Å². The molecule has 3 rings (SSSR count). The zero-order chi connectivity index (χ0) is 13.4. The van der Waals surface area contributed by atoms with E-state index in [9.17, 15) is 4.79 Å². The van der Waals surface area contributed by atoms with Crippen molar-refractivity contribution in [3.8, 4) is 17.0 Å². The highest BCUT2D eigenvalue weighted by Crippen LogP contribution is 2.31. The molecule has 4 heteroatoms. The summed E-state index contributed by atoms with van der Waals surface area (Å²) in [4.78, 5) is 15.6. The quantitative estimate of drug-likeness (QED) is 0.896. The highest BCUT2D eigenvalue weighted by molar-refractivity contribution is 5.99. The van der Waals surface area contributed by atoms with E-state index in [0.29, 0.717) is 12.3 Å². The van der Waals surface area contributed by atoms with Crippen LogP contribution in [0.5, 0.6) is 5.88 Å². The van der Waals surface area contributed by atoms with Gasteiger partial charge in [-0.2, -0.15) is 0 Å². The molecule has 0 bridgehead atoms. The molecule has 1 aliphatic rings. The number of fused-ring (bicyclic) bond motifs is 1. The lowest BCUT2D eigenvalue weighted by Crippen LogP contribution is -2.03. The maximum atomic E-state index is 11.4. The summed E-state index contributed by atoms with van der Waals surface area (Å²) in [5.74, 6) is 0.663. The first-order valence-electron chi connectivity index (χ1n) is 6.11. The molecule has 0 fully saturated rings. The zero-order valence-electron chi connectivity index (χ0n) is 10.9. The van der Waals surface area contributed by atoms with Crippen molar-refractivity contribution in [2.45, 2.75) is 13.3 Å². The summed E-state index contributed by atoms with van der Waals surface area (Å²) in [7, 11) is 1.61. The Balaban J connectivity index is 2.04. The first-order chi connectivity index (χ1) is 9.17. The molecule has 1 aromatic heterocycles. The van der Waals surface area contributed by atoms with Gasteiger partial charge in [0.1, 0.15) is 0 Å². The van der Waals surface area contributed by atoms with Gasteiger partial charge < -0.3 is 10.1 Å². The average Bonchev–Trinajstić information content (AvgIpc) is 2.77. The maximum Gasteiger partial charge on any atom is 0.228 e. The van der Waals surface area contributed by atoms with Crippen LogP contribution in [0.1, 0.15) is 11.1 Å². The molecule has 1 aromatic carbocycles. The van der Waals surface area contributed by atoms with Gasteiger partial charge in [-0.3, -0.25) is 4.79 Å². The molecule has 4 nitrogen and oxygen atoms in total. The van der Waals surface area contributed by atoms with E-state index in [4.69, 9.17) is 4.74 Å². The number of nitrogens with zero attached hydrogens (tertiary/aromatic N) is 1. The number of pyridine rings is 1. The average molecular weight is 254 g/mol. The highest BCUT2D eigenvalue weighted by Gasteiger charge is 2.18. The third kappa shape index (κ3) is 2.05. The number of anilines is 1. The van der Waals surface area contributed by atoms with Crippen LogP contribution >= 0.6 is 0 Å². The Hall–Kier alpha value is -2.36. The number of carbonyl (C=O) groups is 1. The third-order valence-corrected chi connectivity index (χ3v) is 3.34. The van der Waals surface area contributed by atoms with Gasteiger partial charge in [0, 0.05) is 23.5 Å². The van der Waals surface area contributed by atoms with Gasteiger partial charge in [0.2, 0.25) is 11.8 Å². The van der Waals surface area contributed by atoms with Gasteiger partial charge >= 0.3 is 0 Å². The number of rotatable bonds is 2. The van der Waals surface area contributed by atoms with E-state index >= 15 is 0 Å². The van der Waals surface area contributed by atoms with E-state index in [1.807, 2.05) is 31.2 Å². The van der Waals surface area contributed by atoms with Crippen molar-refractivity contribution in [3.05, 3.63) is 41.6 Å². The van der Waals surface area contributed by atoms with Crippen LogP contribution in [0.2, 0.25) is 0 Å². The van der Waals surface area contributed by atoms with Gasteiger partial charge in [-0.15, -0.1) is 0 Å². The molecule has 96 valence electrons. The van der Waals surface area contributed by atoms with Crippen LogP contribution < -0.4 is 10.1 Å². The second kappa shape index (κ2) is 4.39. The molecule has 1 amide bonds. The minimum Gasteiger partial charge on any atom is -0.481 e. The third-order valence-electron chi connectivity index (χ3n) is 3.34. The largest absolute Gasteiger partial charge is 0.481 e. The molecule has 19 heavy (non-hydrogen) atoms. The van der Waals surface area contributed by atoms with Crippen molar-refractivity contribution in [3.63, 3.8) is 0 Å². The highest BCUT2D eigenvalue weighted by atomic mass is 16.5. The fourth-order valence-electron chi connectivity index (χ4n) is 2.34. The molecule has 2 heterocycles. The first kappa shape index (κ1) is 11.7. The van der Waals surface area contributed by atoms with E-state index in [2.05, 4.69) is 10.3 Å². The van der Waals surface area contributed by atoms with Gasteiger partial charge in [0.05, 0.1) is 13.5 Å². The van der Waals surface area contributed by atoms with Gasteiger partial charge in [-0.25, -0.2) is 4.98 Å². The minimum atomic E-state index is 0.0525. The summed E-state index contributed by atoms with van der Waals surface area (Å²) >= 11 is 0. The molecule has 1 aliphatic heterocycles. The summed E-state index contributed by atoms with van der Waals surface area (Å²) < 4.78 is 5.11. The van der Waals surface area contributed by atoms with Gasteiger partial charge in [0.25, 0.3) is 0 Å². The van der Waals surface area contributed by atoms with Crippen LogP contribution in [0.3, 0.4) is 0 Å². The molecular weight excluding hydrogens is 240 g/mol. The Bertz CT molecular complexity index is 665. The van der Waals surface area contributed by atoms with Crippen molar-refractivity contribution in [2.24, 2.45) is 0 Å². The number of aryl methyl sites for hydroxylation is 1. The lowest BCUT2D eigenvalue weighted by atomic mass is 10.00. The molecule has 2 aromatic rings. The topological polar surface area (TPSA) is 51.2 Å². The van der Waals surface area contributed by atoms with Crippen molar-refractivity contribution in [2.75, 3.05) is 12.4 Å². The molecule has 0 spiro atoms. The summed E-state index contributed by atoms with van der Waals surface area (Å²) in [6.07, 6.45) is 2.26. The number of hydrogen-bond acceptors (Lipinski definition) is 3. The minimum absolute atomic E-state index is 0.0525. The van der Waals surface area contributed by atoms with Crippen molar-refractivity contribution in [1.82, 2.24) is 4.98 Å². The molecule has 0 aliphatic carbocycles. The fourth-order valence-corrected chi connectivity index (χ4v) is 2.34. The normalized spacial score (nSPS) is 13.1. The van der Waals surface area contributed by atoms with E-state index in [0.717, 1.165) is 27.9 Å². The van der Waals surface area contributed by atoms with Crippen LogP contribution in [-0.2, 0) is 11.2 Å². The number of amides is 1. The molecule has 0 atom stereocenters. The number of ether oxygens (including phenoxy) is 1. The molecule has 0 saturated carbocycles. The molecule has 1 N–H and O–H groups in total. The van der Waals surface area contributed by atoms with E-state index in [1.165, 1.54) is 0 Å². The van der Waals surface area contributed by atoms with Crippen molar-refractivity contribution < 1.29 is 9.53 Å². The van der Waals surface area contributed by atoms with Crippen LogP contribution in [0.25, 0.3) is 11.1 Å². The SMILES string of the molecule is COc1cc(C)c(-c2ccc3c(c2)CC(=O)N3)cn1. The lowest BCUT2D eigenvalue weighted by Gasteiger charge is -2.08. The Kier molecular flexibility index (Phi) is 2.71. The standard InChI is InChI=1S/C15H14N2O2/c1-9-5-15(19-2)16-8-12(9)10-3-4-13-11(6-10)7-14(18)17-13/h3-6,8H,7H2,1-2H3,(H,17,18). The van der Waals surface area contributed by atoms with E-state index < -0.39 is 0 Å². The zero-order valence-corrected chi connectivity index (χ0v) is 10.9. The smallest absolute Gasteiger partial charge is 0.228 e. The van der Waals surface area contributed by atoms with E-state index in [1.54, 1.807) is 13.3 Å². The Morgan fingerprint density at radius 3 is 2.89 bits per heavy atom. The molecule has 0 saturated heterocycles. The number of hydrogen-bond donors (Lipinski definition) is 1. The predicted molar refractivity (Wildman–Crippen MR) is 73.3 cm³/mol. The first-order valence-corrected chi connectivity index (χ1v) is 6.11. The second-order valence-corrected chi connectivity index (χ2v) is 4.64. The second-order valence-electron chi connectivity index (χ2n) is 4.64. The Labute approximate surface area is 111 Å². The van der Waals surface area contributed by atoms with Crippen LogP contribution in [0, 0.1) is 6.92 Å².